The molecule has 3 rings (SSSR count). The quantitative estimate of drug-likeness (QED) is 0.448. The number of allylic oxidation sites excluding steroid dienone is 1. The van der Waals surface area contributed by atoms with Crippen molar-refractivity contribution in [2.75, 3.05) is 26.3 Å². The molecular weight excluding hydrogens is 396 g/mol. The predicted molar refractivity (Wildman–Crippen MR) is 118 cm³/mol. The van der Waals surface area contributed by atoms with Crippen molar-refractivity contribution < 1.29 is 24.3 Å². The molecule has 0 radical (unpaired) electrons. The number of carbonyl (C=O) groups is 2. The third-order valence-corrected chi connectivity index (χ3v) is 5.65. The fourth-order valence-electron chi connectivity index (χ4n) is 4.04. The second-order valence-corrected chi connectivity index (χ2v) is 8.16. The Balaban J connectivity index is 1.77. The molecule has 7 nitrogen and oxygen atoms in total. The van der Waals surface area contributed by atoms with E-state index in [1.807, 2.05) is 17.1 Å². The number of phenols is 1. The summed E-state index contributed by atoms with van der Waals surface area (Å²) in [5.41, 5.74) is 2.49. The highest BCUT2D eigenvalue weighted by molar-refractivity contribution is 5.96. The lowest BCUT2D eigenvalue weighted by Crippen LogP contribution is -2.37. The molecule has 2 aliphatic rings. The van der Waals surface area contributed by atoms with Gasteiger partial charge in [0.05, 0.1) is 11.3 Å². The molecular formula is C24H32N2O5. The van der Waals surface area contributed by atoms with Crippen molar-refractivity contribution >= 4 is 17.6 Å². The van der Waals surface area contributed by atoms with E-state index in [4.69, 9.17) is 9.57 Å². The Kier molecular flexibility index (Phi) is 8.50. The standard InChI is InChI=1S/C24H32N2O5/c1-18-14-21(27)16-19-15-20(25-31-17-22(28)26-11-7-5-8-12-26)10-6-3-2-4-9-13-30-24(29)23(18)19/h4,9,14,16,27H,2-3,5-8,10-13,15,17H2,1H3/b9-4+,25-20+. The van der Waals surface area contributed by atoms with Crippen LogP contribution in [-0.2, 0) is 20.8 Å². The normalized spacial score (nSPS) is 20.6. The summed E-state index contributed by atoms with van der Waals surface area (Å²) < 4.78 is 5.39. The third-order valence-electron chi connectivity index (χ3n) is 5.65. The fourth-order valence-corrected chi connectivity index (χ4v) is 4.04. The van der Waals surface area contributed by atoms with Gasteiger partial charge in [-0.05, 0) is 75.1 Å². The van der Waals surface area contributed by atoms with Crippen LogP contribution < -0.4 is 0 Å². The molecule has 0 saturated carbocycles. The van der Waals surface area contributed by atoms with E-state index in [-0.39, 0.29) is 24.9 Å². The average Bonchev–Trinajstić information content (AvgIpc) is 2.76. The molecule has 7 heteroatoms. The lowest BCUT2D eigenvalue weighted by Gasteiger charge is -2.26. The number of nitrogens with zero attached hydrogens (tertiary/aromatic N) is 2. The van der Waals surface area contributed by atoms with Crippen LogP contribution in [0.15, 0.2) is 29.4 Å². The number of carbonyl (C=O) groups excluding carboxylic acids is 2. The lowest BCUT2D eigenvalue weighted by molar-refractivity contribution is -0.137. The van der Waals surface area contributed by atoms with E-state index >= 15 is 0 Å². The van der Waals surface area contributed by atoms with Gasteiger partial charge in [-0.2, -0.15) is 0 Å². The van der Waals surface area contributed by atoms with Crippen LogP contribution >= 0.6 is 0 Å². The Bertz CT molecular complexity index is 841. The first kappa shape index (κ1) is 22.8. The molecule has 1 fully saturated rings. The zero-order valence-electron chi connectivity index (χ0n) is 18.3. The first-order valence-electron chi connectivity index (χ1n) is 11.1. The maximum atomic E-state index is 12.7. The molecule has 0 spiro atoms. The van der Waals surface area contributed by atoms with Crippen LogP contribution in [0.4, 0.5) is 0 Å². The van der Waals surface area contributed by atoms with Gasteiger partial charge in [0.2, 0.25) is 0 Å². The topological polar surface area (TPSA) is 88.4 Å². The van der Waals surface area contributed by atoms with Crippen LogP contribution in [0.25, 0.3) is 0 Å². The first-order valence-corrected chi connectivity index (χ1v) is 11.1. The zero-order chi connectivity index (χ0) is 22.1. The summed E-state index contributed by atoms with van der Waals surface area (Å²) in [5, 5.41) is 14.4. The van der Waals surface area contributed by atoms with E-state index in [0.717, 1.165) is 57.3 Å². The number of phenolic OH excluding ortho intramolecular Hbond substituents is 1. The van der Waals surface area contributed by atoms with E-state index in [9.17, 15) is 14.7 Å². The van der Waals surface area contributed by atoms with Gasteiger partial charge in [-0.3, -0.25) is 4.79 Å². The van der Waals surface area contributed by atoms with E-state index in [0.29, 0.717) is 29.5 Å². The molecule has 168 valence electrons. The Morgan fingerprint density at radius 3 is 2.77 bits per heavy atom. The van der Waals surface area contributed by atoms with E-state index < -0.39 is 5.97 Å². The minimum Gasteiger partial charge on any atom is -0.508 e. The molecule has 1 aromatic carbocycles. The first-order chi connectivity index (χ1) is 15.0. The van der Waals surface area contributed by atoms with Crippen molar-refractivity contribution in [1.29, 1.82) is 0 Å². The highest BCUT2D eigenvalue weighted by Crippen LogP contribution is 2.24. The molecule has 0 aromatic heterocycles. The number of hydrogen-bond acceptors (Lipinski definition) is 6. The summed E-state index contributed by atoms with van der Waals surface area (Å²) in [7, 11) is 0. The summed E-state index contributed by atoms with van der Waals surface area (Å²) >= 11 is 0. The summed E-state index contributed by atoms with van der Waals surface area (Å²) in [4.78, 5) is 32.3. The molecule has 2 heterocycles. The van der Waals surface area contributed by atoms with Crippen molar-refractivity contribution in [3.63, 3.8) is 0 Å². The molecule has 31 heavy (non-hydrogen) atoms. The van der Waals surface area contributed by atoms with Gasteiger partial charge in [-0.1, -0.05) is 17.3 Å². The van der Waals surface area contributed by atoms with Crippen LogP contribution in [0.3, 0.4) is 0 Å². The monoisotopic (exact) mass is 428 g/mol. The Labute approximate surface area is 183 Å². The van der Waals surface area contributed by atoms with Crippen molar-refractivity contribution in [3.05, 3.63) is 41.0 Å². The third kappa shape index (κ3) is 6.84. The van der Waals surface area contributed by atoms with Crippen LogP contribution in [0.5, 0.6) is 5.75 Å². The maximum absolute atomic E-state index is 12.7. The Morgan fingerprint density at radius 1 is 1.16 bits per heavy atom. The largest absolute Gasteiger partial charge is 0.508 e. The van der Waals surface area contributed by atoms with Gasteiger partial charge < -0.3 is 19.6 Å². The summed E-state index contributed by atoms with van der Waals surface area (Å²) in [6.07, 6.45) is 10.9. The van der Waals surface area contributed by atoms with Crippen molar-refractivity contribution in [3.8, 4) is 5.75 Å². The number of hydrogen-bond donors (Lipinski definition) is 1. The molecule has 0 aliphatic carbocycles. The maximum Gasteiger partial charge on any atom is 0.339 e. The van der Waals surface area contributed by atoms with Crippen LogP contribution in [0, 0.1) is 6.92 Å². The van der Waals surface area contributed by atoms with Gasteiger partial charge in [0, 0.05) is 19.5 Å². The molecule has 1 N–H and O–H groups in total. The second-order valence-electron chi connectivity index (χ2n) is 8.16. The zero-order valence-corrected chi connectivity index (χ0v) is 18.3. The van der Waals surface area contributed by atoms with Crippen molar-refractivity contribution in [1.82, 2.24) is 4.90 Å². The van der Waals surface area contributed by atoms with Gasteiger partial charge in [-0.25, -0.2) is 4.79 Å². The van der Waals surface area contributed by atoms with Crippen LogP contribution in [-0.4, -0.2) is 53.9 Å². The number of aryl methyl sites for hydroxylation is 1. The Hall–Kier alpha value is -2.83. The van der Waals surface area contributed by atoms with Gasteiger partial charge in [-0.15, -0.1) is 0 Å². The number of aromatic hydroxyl groups is 1. The number of ether oxygens (including phenoxy) is 1. The van der Waals surface area contributed by atoms with Crippen LogP contribution in [0.1, 0.15) is 66.4 Å². The number of benzene rings is 1. The van der Waals surface area contributed by atoms with E-state index in [1.54, 1.807) is 19.1 Å². The predicted octanol–water partition coefficient (Wildman–Crippen LogP) is 3.92. The number of amides is 1. The lowest BCUT2D eigenvalue weighted by atomic mass is 9.95. The van der Waals surface area contributed by atoms with Crippen LogP contribution in [0.2, 0.25) is 0 Å². The number of piperidine rings is 1. The average molecular weight is 429 g/mol. The summed E-state index contributed by atoms with van der Waals surface area (Å²) in [6, 6.07) is 3.13. The SMILES string of the molecule is Cc1cc(O)cc2c1C(=O)OC/C=C/CCCC/C(=N\OCC(=O)N1CCCCC1)C2. The highest BCUT2D eigenvalue weighted by Gasteiger charge is 2.20. The smallest absolute Gasteiger partial charge is 0.339 e. The molecule has 1 amide bonds. The molecule has 1 saturated heterocycles. The fraction of sp³-hybridized carbons (Fsp3) is 0.542. The molecule has 0 atom stereocenters. The minimum absolute atomic E-state index is 0.0451. The number of fused-ring (bicyclic) bond motifs is 1. The van der Waals surface area contributed by atoms with E-state index in [1.165, 1.54) is 0 Å². The highest BCUT2D eigenvalue weighted by atomic mass is 16.6. The number of esters is 1. The number of oxime groups is 1. The minimum atomic E-state index is -0.419. The second kappa shape index (κ2) is 11.5. The number of cyclic esters (lactones) is 1. The van der Waals surface area contributed by atoms with Crippen molar-refractivity contribution in [2.24, 2.45) is 5.16 Å². The van der Waals surface area contributed by atoms with Gasteiger partial charge in [0.25, 0.3) is 5.91 Å². The summed E-state index contributed by atoms with van der Waals surface area (Å²) in [6.45, 7) is 3.47. The molecule has 0 bridgehead atoms. The Morgan fingerprint density at radius 2 is 1.97 bits per heavy atom. The molecule has 2 aliphatic heterocycles. The molecule has 1 aromatic rings. The van der Waals surface area contributed by atoms with Gasteiger partial charge >= 0.3 is 5.97 Å². The molecule has 0 unspecified atom stereocenters. The summed E-state index contributed by atoms with van der Waals surface area (Å²) in [5.74, 6) is -0.373. The van der Waals surface area contributed by atoms with Gasteiger partial charge in [0.15, 0.2) is 6.61 Å². The van der Waals surface area contributed by atoms with Gasteiger partial charge in [0.1, 0.15) is 12.4 Å². The number of rotatable bonds is 3. The number of likely N-dealkylation sites (tertiary alicyclic amines) is 1. The van der Waals surface area contributed by atoms with Crippen molar-refractivity contribution in [2.45, 2.75) is 58.3 Å². The van der Waals surface area contributed by atoms with E-state index in [2.05, 4.69) is 5.16 Å².